The molecule has 0 fully saturated rings. The van der Waals surface area contributed by atoms with Gasteiger partial charge in [0.25, 0.3) is 0 Å². The summed E-state index contributed by atoms with van der Waals surface area (Å²) in [7, 11) is 0. The van der Waals surface area contributed by atoms with Gasteiger partial charge in [-0.25, -0.2) is 0 Å². The second kappa shape index (κ2) is 7.76. The highest BCUT2D eigenvalue weighted by atomic mass is 16.5. The molecule has 0 aliphatic heterocycles. The lowest BCUT2D eigenvalue weighted by Crippen LogP contribution is -2.08. The van der Waals surface area contributed by atoms with Crippen molar-refractivity contribution in [1.82, 2.24) is 0 Å². The van der Waals surface area contributed by atoms with Crippen LogP contribution >= 0.6 is 0 Å². The van der Waals surface area contributed by atoms with Gasteiger partial charge in [0.05, 0.1) is 19.3 Å². The molecule has 1 atom stereocenters. The van der Waals surface area contributed by atoms with Crippen molar-refractivity contribution in [3.05, 3.63) is 12.2 Å². The maximum Gasteiger partial charge on any atom is 0.0728 e. The van der Waals surface area contributed by atoms with Crippen molar-refractivity contribution in [1.29, 1.82) is 0 Å². The van der Waals surface area contributed by atoms with Crippen LogP contribution < -0.4 is 0 Å². The highest BCUT2D eigenvalue weighted by Gasteiger charge is 1.93. The van der Waals surface area contributed by atoms with Crippen LogP contribution in [0.15, 0.2) is 12.2 Å². The fourth-order valence-electron chi connectivity index (χ4n) is 0.749. The maximum absolute atomic E-state index is 8.44. The molecule has 0 aromatic heterocycles. The van der Waals surface area contributed by atoms with Gasteiger partial charge in [-0.1, -0.05) is 25.5 Å². The van der Waals surface area contributed by atoms with Gasteiger partial charge in [0.1, 0.15) is 0 Å². The fraction of sp³-hybridized carbons (Fsp3) is 0.778. The summed E-state index contributed by atoms with van der Waals surface area (Å²) in [6, 6.07) is 0. The molecule has 1 N–H and O–H groups in total. The molecule has 0 saturated carbocycles. The van der Waals surface area contributed by atoms with E-state index in [0.717, 1.165) is 6.42 Å². The lowest BCUT2D eigenvalue weighted by molar-refractivity contribution is 0.0639. The standard InChI is InChI=1S/C9H18O2/c1-3-4-5-6-9(2)11-8-7-10/h5-6,9-10H,3-4,7-8H2,1-2H3/b6-5+. The Morgan fingerprint density at radius 1 is 1.55 bits per heavy atom. The molecule has 0 aliphatic rings. The maximum atomic E-state index is 8.44. The third kappa shape index (κ3) is 7.56. The summed E-state index contributed by atoms with van der Waals surface area (Å²) in [5.74, 6) is 0. The molecule has 1 unspecified atom stereocenters. The molecule has 0 radical (unpaired) electrons. The number of aliphatic hydroxyl groups excluding tert-OH is 1. The second-order valence-electron chi connectivity index (χ2n) is 2.52. The van der Waals surface area contributed by atoms with Crippen molar-refractivity contribution in [2.24, 2.45) is 0 Å². The van der Waals surface area contributed by atoms with Crippen LogP contribution in [-0.4, -0.2) is 24.4 Å². The quantitative estimate of drug-likeness (QED) is 0.597. The Kier molecular flexibility index (Phi) is 7.52. The van der Waals surface area contributed by atoms with Gasteiger partial charge < -0.3 is 9.84 Å². The van der Waals surface area contributed by atoms with Gasteiger partial charge in [0.2, 0.25) is 0 Å². The predicted octanol–water partition coefficient (Wildman–Crippen LogP) is 1.74. The summed E-state index contributed by atoms with van der Waals surface area (Å²) >= 11 is 0. The first-order valence-corrected chi connectivity index (χ1v) is 4.20. The lowest BCUT2D eigenvalue weighted by Gasteiger charge is -2.05. The van der Waals surface area contributed by atoms with Crippen LogP contribution in [0.3, 0.4) is 0 Å². The number of unbranched alkanes of at least 4 members (excludes halogenated alkanes) is 1. The van der Waals surface area contributed by atoms with Crippen LogP contribution in [0, 0.1) is 0 Å². The van der Waals surface area contributed by atoms with Crippen molar-refractivity contribution < 1.29 is 9.84 Å². The second-order valence-corrected chi connectivity index (χ2v) is 2.52. The van der Waals surface area contributed by atoms with E-state index in [0.29, 0.717) is 6.61 Å². The Balaban J connectivity index is 3.27. The van der Waals surface area contributed by atoms with E-state index in [-0.39, 0.29) is 12.7 Å². The molecule has 11 heavy (non-hydrogen) atoms. The zero-order chi connectivity index (χ0) is 8.53. The van der Waals surface area contributed by atoms with Crippen molar-refractivity contribution in [2.75, 3.05) is 13.2 Å². The topological polar surface area (TPSA) is 29.5 Å². The zero-order valence-corrected chi connectivity index (χ0v) is 7.42. The fourth-order valence-corrected chi connectivity index (χ4v) is 0.749. The minimum absolute atomic E-state index is 0.103. The van der Waals surface area contributed by atoms with E-state index in [2.05, 4.69) is 13.0 Å². The molecule has 2 nitrogen and oxygen atoms in total. The largest absolute Gasteiger partial charge is 0.394 e. The third-order valence-corrected chi connectivity index (χ3v) is 1.33. The van der Waals surface area contributed by atoms with Crippen LogP contribution in [-0.2, 0) is 4.74 Å². The predicted molar refractivity (Wildman–Crippen MR) is 46.5 cm³/mol. The van der Waals surface area contributed by atoms with E-state index >= 15 is 0 Å². The SMILES string of the molecule is CCC/C=C/C(C)OCCO. The van der Waals surface area contributed by atoms with Crippen molar-refractivity contribution in [3.8, 4) is 0 Å². The summed E-state index contributed by atoms with van der Waals surface area (Å²) in [4.78, 5) is 0. The molecule has 0 amide bonds. The van der Waals surface area contributed by atoms with E-state index in [9.17, 15) is 0 Å². The Labute approximate surface area is 68.9 Å². The first kappa shape index (κ1) is 10.7. The van der Waals surface area contributed by atoms with Gasteiger partial charge in [-0.3, -0.25) is 0 Å². The molecule has 0 saturated heterocycles. The number of hydrogen-bond acceptors (Lipinski definition) is 2. The van der Waals surface area contributed by atoms with Crippen LogP contribution in [0.25, 0.3) is 0 Å². The van der Waals surface area contributed by atoms with Crippen molar-refractivity contribution >= 4 is 0 Å². The smallest absolute Gasteiger partial charge is 0.0728 e. The molecule has 0 spiro atoms. The van der Waals surface area contributed by atoms with E-state index in [1.54, 1.807) is 0 Å². The van der Waals surface area contributed by atoms with E-state index in [4.69, 9.17) is 9.84 Å². The normalized spacial score (nSPS) is 14.1. The van der Waals surface area contributed by atoms with Crippen LogP contribution in [0.1, 0.15) is 26.7 Å². The van der Waals surface area contributed by atoms with Gasteiger partial charge in [-0.05, 0) is 13.3 Å². The first-order chi connectivity index (χ1) is 5.31. The molecule has 0 aromatic carbocycles. The summed E-state index contributed by atoms with van der Waals surface area (Å²) in [6.45, 7) is 4.65. The van der Waals surface area contributed by atoms with Gasteiger partial charge in [-0.15, -0.1) is 0 Å². The zero-order valence-electron chi connectivity index (χ0n) is 7.42. The Morgan fingerprint density at radius 2 is 2.27 bits per heavy atom. The molecule has 66 valence electrons. The molecule has 0 aliphatic carbocycles. The van der Waals surface area contributed by atoms with Crippen molar-refractivity contribution in [2.45, 2.75) is 32.8 Å². The number of hydrogen-bond donors (Lipinski definition) is 1. The van der Waals surface area contributed by atoms with Crippen LogP contribution in [0.5, 0.6) is 0 Å². The summed E-state index contributed by atoms with van der Waals surface area (Å²) in [5, 5.41) is 8.44. The monoisotopic (exact) mass is 158 g/mol. The van der Waals surface area contributed by atoms with Crippen LogP contribution in [0.2, 0.25) is 0 Å². The molecule has 0 rings (SSSR count). The van der Waals surface area contributed by atoms with Gasteiger partial charge in [0, 0.05) is 0 Å². The Morgan fingerprint density at radius 3 is 2.82 bits per heavy atom. The third-order valence-electron chi connectivity index (χ3n) is 1.33. The molecule has 0 heterocycles. The average Bonchev–Trinajstić information content (AvgIpc) is 2.01. The number of aliphatic hydroxyl groups is 1. The van der Waals surface area contributed by atoms with Crippen LogP contribution in [0.4, 0.5) is 0 Å². The van der Waals surface area contributed by atoms with Crippen molar-refractivity contribution in [3.63, 3.8) is 0 Å². The molecule has 0 bridgehead atoms. The number of allylic oxidation sites excluding steroid dienone is 1. The highest BCUT2D eigenvalue weighted by Crippen LogP contribution is 1.95. The number of ether oxygens (including phenoxy) is 1. The minimum Gasteiger partial charge on any atom is -0.394 e. The Bertz CT molecular complexity index is 99.7. The number of rotatable bonds is 6. The van der Waals surface area contributed by atoms with E-state index in [1.165, 1.54) is 6.42 Å². The summed E-state index contributed by atoms with van der Waals surface area (Å²) < 4.78 is 5.20. The van der Waals surface area contributed by atoms with E-state index < -0.39 is 0 Å². The molecule has 0 aromatic rings. The lowest BCUT2D eigenvalue weighted by atomic mass is 10.3. The average molecular weight is 158 g/mol. The molecular formula is C9H18O2. The summed E-state index contributed by atoms with van der Waals surface area (Å²) in [5.41, 5.74) is 0. The first-order valence-electron chi connectivity index (χ1n) is 4.20. The van der Waals surface area contributed by atoms with Gasteiger partial charge >= 0.3 is 0 Å². The minimum atomic E-state index is 0.103. The Hall–Kier alpha value is -0.340. The highest BCUT2D eigenvalue weighted by molar-refractivity contribution is 4.86. The summed E-state index contributed by atoms with van der Waals surface area (Å²) in [6.07, 6.45) is 6.55. The molecule has 2 heteroatoms. The van der Waals surface area contributed by atoms with Gasteiger partial charge in [-0.2, -0.15) is 0 Å². The van der Waals surface area contributed by atoms with Gasteiger partial charge in [0.15, 0.2) is 0 Å². The van der Waals surface area contributed by atoms with E-state index in [1.807, 2.05) is 13.0 Å². The molecular weight excluding hydrogens is 140 g/mol.